The van der Waals surface area contributed by atoms with Crippen molar-refractivity contribution >= 4 is 66.6 Å². The molecule has 1 aromatic carbocycles. The molecule has 1 fully saturated rings. The van der Waals surface area contributed by atoms with E-state index in [0.717, 1.165) is 14.3 Å². The fraction of sp³-hybridized carbons (Fsp3) is 0.458. The van der Waals surface area contributed by atoms with Crippen molar-refractivity contribution in [1.82, 2.24) is 4.98 Å². The van der Waals surface area contributed by atoms with Crippen molar-refractivity contribution in [3.63, 3.8) is 0 Å². The molecule has 1 aromatic heterocycles. The number of benzene rings is 1. The minimum Gasteiger partial charge on any atom is -0.463 e. The molecule has 2 aromatic rings. The third-order valence-electron chi connectivity index (χ3n) is 5.27. The number of esters is 4. The molecule has 0 bridgehead atoms. The van der Waals surface area contributed by atoms with E-state index in [2.05, 4.69) is 31.9 Å². The molecule has 0 N–H and O–H groups in total. The number of ether oxygens (including phenoxy) is 5. The van der Waals surface area contributed by atoms with Gasteiger partial charge in [0.05, 0.1) is 5.52 Å². The number of rotatable bonds is 7. The second-order valence-corrected chi connectivity index (χ2v) is 9.97. The summed E-state index contributed by atoms with van der Waals surface area (Å²) < 4.78 is 29.3. The van der Waals surface area contributed by atoms with Crippen molar-refractivity contribution in [3.05, 3.63) is 38.9 Å². The minimum atomic E-state index is -1.21. The van der Waals surface area contributed by atoms with E-state index in [1.807, 2.05) is 18.2 Å². The molecule has 1 aliphatic heterocycles. The van der Waals surface area contributed by atoms with Crippen molar-refractivity contribution in [2.45, 2.75) is 64.6 Å². The molecule has 2 heterocycles. The van der Waals surface area contributed by atoms with Gasteiger partial charge in [-0.1, -0.05) is 22.0 Å². The summed E-state index contributed by atoms with van der Waals surface area (Å²) in [6.45, 7) is 4.51. The molecule has 0 amide bonds. The van der Waals surface area contributed by atoms with Gasteiger partial charge in [0.2, 0.25) is 0 Å². The van der Waals surface area contributed by atoms with Gasteiger partial charge in [-0.25, -0.2) is 0 Å². The van der Waals surface area contributed by atoms with E-state index in [0.29, 0.717) is 11.2 Å². The van der Waals surface area contributed by atoms with E-state index in [1.54, 1.807) is 6.07 Å². The topological polar surface area (TPSA) is 127 Å². The summed E-state index contributed by atoms with van der Waals surface area (Å²) >= 11 is 6.97. The lowest BCUT2D eigenvalue weighted by molar-refractivity contribution is -0.252. The Labute approximate surface area is 224 Å². The van der Waals surface area contributed by atoms with Crippen molar-refractivity contribution < 1.29 is 42.9 Å². The highest BCUT2D eigenvalue weighted by atomic mass is 79.9. The number of pyridine rings is 1. The lowest BCUT2D eigenvalue weighted by Crippen LogP contribution is -2.62. The standard InChI is InChI=1S/C24H25Br2NO9/c1-11(28)32-10-20-23(34-13(3)30)24(35-14(4)31)22(33-12(2)29)19(36-20)9-17-6-5-15-7-16(25)8-18(26)21(15)27-17/h5-8,19-20,22-24H,9-10H2,1-4H3/t19-,20+,22-,23-,24+/m0/s1. The third kappa shape index (κ3) is 7.23. The molecule has 5 atom stereocenters. The molecule has 0 aliphatic carbocycles. The summed E-state index contributed by atoms with van der Waals surface area (Å²) in [6.07, 6.45) is -5.25. The van der Waals surface area contributed by atoms with E-state index < -0.39 is 54.4 Å². The van der Waals surface area contributed by atoms with Crippen LogP contribution in [0.1, 0.15) is 33.4 Å². The lowest BCUT2D eigenvalue weighted by atomic mass is 9.91. The van der Waals surface area contributed by atoms with Crippen LogP contribution >= 0.6 is 31.9 Å². The molecule has 0 unspecified atom stereocenters. The van der Waals surface area contributed by atoms with E-state index in [4.69, 9.17) is 28.7 Å². The van der Waals surface area contributed by atoms with Crippen LogP contribution in [-0.2, 0) is 49.3 Å². The van der Waals surface area contributed by atoms with Gasteiger partial charge in [-0.15, -0.1) is 0 Å². The number of aromatic nitrogens is 1. The molecule has 1 aliphatic rings. The zero-order chi connectivity index (χ0) is 26.6. The zero-order valence-electron chi connectivity index (χ0n) is 20.0. The second kappa shape index (κ2) is 12.1. The molecule has 12 heteroatoms. The first-order valence-electron chi connectivity index (χ1n) is 11.0. The van der Waals surface area contributed by atoms with Gasteiger partial charge in [0.25, 0.3) is 0 Å². The summed E-state index contributed by atoms with van der Waals surface area (Å²) in [4.78, 5) is 52.0. The summed E-state index contributed by atoms with van der Waals surface area (Å²) in [6, 6.07) is 7.48. The van der Waals surface area contributed by atoms with E-state index in [1.165, 1.54) is 27.7 Å². The number of fused-ring (bicyclic) bond motifs is 1. The fourth-order valence-corrected chi connectivity index (χ4v) is 5.35. The van der Waals surface area contributed by atoms with Crippen LogP contribution in [0, 0.1) is 0 Å². The molecule has 10 nitrogen and oxygen atoms in total. The number of nitrogens with zero attached hydrogens (tertiary/aromatic N) is 1. The van der Waals surface area contributed by atoms with Crippen molar-refractivity contribution in [1.29, 1.82) is 0 Å². The van der Waals surface area contributed by atoms with Crippen molar-refractivity contribution in [2.24, 2.45) is 0 Å². The Kier molecular flexibility index (Phi) is 9.42. The zero-order valence-corrected chi connectivity index (χ0v) is 23.2. The predicted octanol–water partition coefficient (Wildman–Crippen LogP) is 3.43. The van der Waals surface area contributed by atoms with Crippen LogP contribution in [-0.4, -0.2) is 66.0 Å². The largest absolute Gasteiger partial charge is 0.463 e. The Morgan fingerprint density at radius 1 is 0.833 bits per heavy atom. The Hall–Kier alpha value is -2.57. The summed E-state index contributed by atoms with van der Waals surface area (Å²) in [5, 5.41) is 0.890. The molecule has 0 radical (unpaired) electrons. The maximum absolute atomic E-state index is 12.0. The van der Waals surface area contributed by atoms with Gasteiger partial charge >= 0.3 is 23.9 Å². The van der Waals surface area contributed by atoms with Crippen LogP contribution in [0.4, 0.5) is 0 Å². The van der Waals surface area contributed by atoms with Crippen LogP contribution in [0.5, 0.6) is 0 Å². The number of carbonyl (C=O) groups excluding carboxylic acids is 4. The SMILES string of the molecule is CC(=O)OC[C@H]1O[C@@H](Cc2ccc3cc(Br)cc(Br)c3n2)[C@H](OC(C)=O)[C@@H](OC(C)=O)[C@H]1OC(C)=O. The van der Waals surface area contributed by atoms with Crippen LogP contribution in [0.2, 0.25) is 0 Å². The van der Waals surface area contributed by atoms with E-state index >= 15 is 0 Å². The normalized spacial score (nSPS) is 23.6. The minimum absolute atomic E-state index is 0.150. The molecule has 0 spiro atoms. The van der Waals surface area contributed by atoms with Gasteiger partial charge in [-0.05, 0) is 34.1 Å². The quantitative estimate of drug-likeness (QED) is 0.332. The fourth-order valence-electron chi connectivity index (χ4n) is 4.00. The van der Waals surface area contributed by atoms with Gasteiger partial charge in [0, 0.05) is 54.1 Å². The highest BCUT2D eigenvalue weighted by Crippen LogP contribution is 2.32. The Morgan fingerprint density at radius 3 is 2.00 bits per heavy atom. The summed E-state index contributed by atoms with van der Waals surface area (Å²) in [7, 11) is 0. The van der Waals surface area contributed by atoms with Gasteiger partial charge in [0.1, 0.15) is 18.8 Å². The first-order valence-corrected chi connectivity index (χ1v) is 12.6. The smallest absolute Gasteiger partial charge is 0.303 e. The molecule has 36 heavy (non-hydrogen) atoms. The molecular formula is C24H25Br2NO9. The number of halogens is 2. The van der Waals surface area contributed by atoms with Crippen molar-refractivity contribution in [3.8, 4) is 0 Å². The summed E-state index contributed by atoms with van der Waals surface area (Å²) in [5.41, 5.74) is 1.31. The first kappa shape index (κ1) is 28.0. The van der Waals surface area contributed by atoms with E-state index in [-0.39, 0.29) is 13.0 Å². The van der Waals surface area contributed by atoms with E-state index in [9.17, 15) is 19.2 Å². The monoisotopic (exact) mass is 629 g/mol. The van der Waals surface area contributed by atoms with Crippen LogP contribution in [0.3, 0.4) is 0 Å². The Balaban J connectivity index is 2.02. The summed E-state index contributed by atoms with van der Waals surface area (Å²) in [5.74, 6) is -2.58. The maximum atomic E-state index is 12.0. The molecule has 1 saturated heterocycles. The number of hydrogen-bond donors (Lipinski definition) is 0. The average Bonchev–Trinajstić information content (AvgIpc) is 2.76. The maximum Gasteiger partial charge on any atom is 0.303 e. The highest BCUT2D eigenvalue weighted by Gasteiger charge is 2.52. The third-order valence-corrected chi connectivity index (χ3v) is 6.33. The highest BCUT2D eigenvalue weighted by molar-refractivity contribution is 9.11. The van der Waals surface area contributed by atoms with Crippen LogP contribution in [0.25, 0.3) is 10.9 Å². The average molecular weight is 631 g/mol. The Bertz CT molecular complexity index is 1170. The number of carbonyl (C=O) groups is 4. The predicted molar refractivity (Wildman–Crippen MR) is 133 cm³/mol. The lowest BCUT2D eigenvalue weighted by Gasteiger charge is -2.44. The van der Waals surface area contributed by atoms with Crippen LogP contribution < -0.4 is 0 Å². The number of hydrogen-bond acceptors (Lipinski definition) is 10. The Morgan fingerprint density at radius 2 is 1.42 bits per heavy atom. The molecule has 3 rings (SSSR count). The van der Waals surface area contributed by atoms with Crippen LogP contribution in [0.15, 0.2) is 33.2 Å². The van der Waals surface area contributed by atoms with Gasteiger partial charge in [-0.3, -0.25) is 24.2 Å². The van der Waals surface area contributed by atoms with Gasteiger partial charge in [-0.2, -0.15) is 0 Å². The molecular weight excluding hydrogens is 606 g/mol. The molecule has 0 saturated carbocycles. The molecule has 194 valence electrons. The second-order valence-electron chi connectivity index (χ2n) is 8.20. The van der Waals surface area contributed by atoms with Crippen molar-refractivity contribution in [2.75, 3.05) is 6.61 Å². The van der Waals surface area contributed by atoms with Gasteiger partial charge in [0.15, 0.2) is 18.3 Å². The first-order chi connectivity index (χ1) is 16.9. The van der Waals surface area contributed by atoms with Gasteiger partial charge < -0.3 is 23.7 Å².